The van der Waals surface area contributed by atoms with Crippen LogP contribution in [0.5, 0.6) is 0 Å². The molecular weight excluding hydrogens is 236 g/mol. The van der Waals surface area contributed by atoms with E-state index in [0.29, 0.717) is 6.04 Å². The SMILES string of the molecule is Cc1cc(C)c(C(O)c2cncn2C(C)C)cc1C. The van der Waals surface area contributed by atoms with E-state index in [1.54, 1.807) is 12.5 Å². The van der Waals surface area contributed by atoms with Crippen LogP contribution in [0.3, 0.4) is 0 Å². The Kier molecular flexibility index (Phi) is 3.76. The van der Waals surface area contributed by atoms with E-state index in [9.17, 15) is 5.11 Å². The predicted octanol–water partition coefficient (Wildman–Crippen LogP) is 3.47. The molecular formula is C16H22N2O. The Morgan fingerprint density at radius 1 is 1.05 bits per heavy atom. The lowest BCUT2D eigenvalue weighted by atomic mass is 9.96. The van der Waals surface area contributed by atoms with Crippen LogP contribution in [0.4, 0.5) is 0 Å². The zero-order valence-electron chi connectivity index (χ0n) is 12.3. The normalized spacial score (nSPS) is 13.0. The average Bonchev–Trinajstić information content (AvgIpc) is 2.82. The molecule has 2 aromatic rings. The molecule has 1 atom stereocenters. The molecule has 0 aliphatic heterocycles. The van der Waals surface area contributed by atoms with Crippen LogP contribution < -0.4 is 0 Å². The van der Waals surface area contributed by atoms with E-state index in [4.69, 9.17) is 0 Å². The van der Waals surface area contributed by atoms with Crippen molar-refractivity contribution >= 4 is 0 Å². The average molecular weight is 258 g/mol. The summed E-state index contributed by atoms with van der Waals surface area (Å²) in [4.78, 5) is 4.16. The van der Waals surface area contributed by atoms with Crippen molar-refractivity contribution < 1.29 is 5.11 Å². The van der Waals surface area contributed by atoms with Gasteiger partial charge in [0.05, 0.1) is 18.2 Å². The molecule has 0 bridgehead atoms. The van der Waals surface area contributed by atoms with Crippen molar-refractivity contribution in [1.82, 2.24) is 9.55 Å². The maximum atomic E-state index is 10.6. The summed E-state index contributed by atoms with van der Waals surface area (Å²) in [6.07, 6.45) is 2.91. The van der Waals surface area contributed by atoms with Gasteiger partial charge in [0.2, 0.25) is 0 Å². The highest BCUT2D eigenvalue weighted by molar-refractivity contribution is 5.40. The Bertz CT molecular complexity index is 584. The zero-order chi connectivity index (χ0) is 14.2. The third-order valence-corrected chi connectivity index (χ3v) is 3.71. The van der Waals surface area contributed by atoms with Crippen LogP contribution >= 0.6 is 0 Å². The maximum absolute atomic E-state index is 10.6. The lowest BCUT2D eigenvalue weighted by Gasteiger charge is -2.19. The quantitative estimate of drug-likeness (QED) is 0.915. The number of nitrogens with zero attached hydrogens (tertiary/aromatic N) is 2. The summed E-state index contributed by atoms with van der Waals surface area (Å²) in [5.41, 5.74) is 5.39. The Morgan fingerprint density at radius 3 is 2.32 bits per heavy atom. The molecule has 1 N–H and O–H groups in total. The second kappa shape index (κ2) is 5.17. The molecule has 0 spiro atoms. The molecule has 0 aliphatic carbocycles. The topological polar surface area (TPSA) is 38.1 Å². The lowest BCUT2D eigenvalue weighted by molar-refractivity contribution is 0.207. The number of imidazole rings is 1. The molecule has 3 nitrogen and oxygen atoms in total. The summed E-state index contributed by atoms with van der Waals surface area (Å²) in [5.74, 6) is 0. The number of aryl methyl sites for hydroxylation is 3. The van der Waals surface area contributed by atoms with Gasteiger partial charge in [-0.15, -0.1) is 0 Å². The number of aliphatic hydroxyl groups excluding tert-OH is 1. The highest BCUT2D eigenvalue weighted by Gasteiger charge is 2.18. The van der Waals surface area contributed by atoms with Gasteiger partial charge in [-0.2, -0.15) is 0 Å². The second-order valence-corrected chi connectivity index (χ2v) is 5.52. The standard InChI is InChI=1S/C16H22N2O/c1-10(2)18-9-17-8-15(18)16(19)14-7-12(4)11(3)6-13(14)5/h6-10,16,19H,1-5H3. The Morgan fingerprint density at radius 2 is 1.68 bits per heavy atom. The van der Waals surface area contributed by atoms with Crippen LogP contribution in [0, 0.1) is 20.8 Å². The van der Waals surface area contributed by atoms with E-state index in [1.807, 2.05) is 11.5 Å². The molecule has 0 fully saturated rings. The molecule has 1 aromatic carbocycles. The molecule has 102 valence electrons. The van der Waals surface area contributed by atoms with E-state index in [2.05, 4.69) is 44.8 Å². The minimum Gasteiger partial charge on any atom is -0.382 e. The maximum Gasteiger partial charge on any atom is 0.121 e. The molecule has 19 heavy (non-hydrogen) atoms. The Labute approximate surface area is 114 Å². The van der Waals surface area contributed by atoms with E-state index < -0.39 is 6.10 Å². The third-order valence-electron chi connectivity index (χ3n) is 3.71. The fraction of sp³-hybridized carbons (Fsp3) is 0.438. The molecule has 0 saturated carbocycles. The van der Waals surface area contributed by atoms with Crippen molar-refractivity contribution in [3.63, 3.8) is 0 Å². The van der Waals surface area contributed by atoms with Gasteiger partial charge < -0.3 is 9.67 Å². The first-order valence-corrected chi connectivity index (χ1v) is 6.69. The molecule has 3 heteroatoms. The predicted molar refractivity (Wildman–Crippen MR) is 77.3 cm³/mol. The second-order valence-electron chi connectivity index (χ2n) is 5.52. The number of benzene rings is 1. The van der Waals surface area contributed by atoms with Gasteiger partial charge in [-0.25, -0.2) is 4.98 Å². The van der Waals surface area contributed by atoms with Gasteiger partial charge in [0.1, 0.15) is 6.10 Å². The summed E-state index contributed by atoms with van der Waals surface area (Å²) < 4.78 is 2.01. The van der Waals surface area contributed by atoms with E-state index >= 15 is 0 Å². The van der Waals surface area contributed by atoms with Crippen molar-refractivity contribution in [3.8, 4) is 0 Å². The number of hydrogen-bond acceptors (Lipinski definition) is 2. The van der Waals surface area contributed by atoms with Crippen LogP contribution in [0.1, 0.15) is 53.9 Å². The summed E-state index contributed by atoms with van der Waals surface area (Å²) in [6, 6.07) is 4.50. The van der Waals surface area contributed by atoms with E-state index in [1.165, 1.54) is 11.1 Å². The van der Waals surface area contributed by atoms with Crippen LogP contribution in [0.2, 0.25) is 0 Å². The number of hydrogen-bond donors (Lipinski definition) is 1. The van der Waals surface area contributed by atoms with E-state index in [0.717, 1.165) is 16.8 Å². The van der Waals surface area contributed by atoms with Gasteiger partial charge >= 0.3 is 0 Å². The Balaban J connectivity index is 2.47. The van der Waals surface area contributed by atoms with Crippen LogP contribution in [-0.2, 0) is 0 Å². The number of aliphatic hydroxyl groups is 1. The van der Waals surface area contributed by atoms with Crippen molar-refractivity contribution in [2.75, 3.05) is 0 Å². The van der Waals surface area contributed by atoms with Crippen molar-refractivity contribution in [1.29, 1.82) is 0 Å². The Hall–Kier alpha value is -1.61. The smallest absolute Gasteiger partial charge is 0.121 e. The molecule has 0 amide bonds. The molecule has 1 unspecified atom stereocenters. The van der Waals surface area contributed by atoms with Crippen molar-refractivity contribution in [2.45, 2.75) is 46.8 Å². The van der Waals surface area contributed by atoms with Crippen LogP contribution in [-0.4, -0.2) is 14.7 Å². The molecule has 0 radical (unpaired) electrons. The number of rotatable bonds is 3. The van der Waals surface area contributed by atoms with Gasteiger partial charge in [-0.3, -0.25) is 0 Å². The van der Waals surface area contributed by atoms with Gasteiger partial charge in [0.15, 0.2) is 0 Å². The van der Waals surface area contributed by atoms with Gasteiger partial charge in [-0.05, 0) is 56.9 Å². The zero-order valence-corrected chi connectivity index (χ0v) is 12.3. The van der Waals surface area contributed by atoms with Gasteiger partial charge in [0, 0.05) is 6.04 Å². The fourth-order valence-electron chi connectivity index (χ4n) is 2.39. The first-order chi connectivity index (χ1) is 8.91. The summed E-state index contributed by atoms with van der Waals surface area (Å²) in [5, 5.41) is 10.6. The van der Waals surface area contributed by atoms with Crippen molar-refractivity contribution in [3.05, 3.63) is 52.6 Å². The molecule has 1 heterocycles. The molecule has 2 rings (SSSR count). The lowest BCUT2D eigenvalue weighted by Crippen LogP contribution is -2.11. The monoisotopic (exact) mass is 258 g/mol. The van der Waals surface area contributed by atoms with Crippen LogP contribution in [0.25, 0.3) is 0 Å². The van der Waals surface area contributed by atoms with Gasteiger partial charge in [-0.1, -0.05) is 12.1 Å². The molecule has 0 aliphatic rings. The minimum atomic E-state index is -0.621. The summed E-state index contributed by atoms with van der Waals surface area (Å²) in [7, 11) is 0. The summed E-state index contributed by atoms with van der Waals surface area (Å²) >= 11 is 0. The van der Waals surface area contributed by atoms with Gasteiger partial charge in [0.25, 0.3) is 0 Å². The highest BCUT2D eigenvalue weighted by Crippen LogP contribution is 2.28. The first-order valence-electron chi connectivity index (χ1n) is 6.69. The van der Waals surface area contributed by atoms with Crippen LogP contribution in [0.15, 0.2) is 24.7 Å². The fourth-order valence-corrected chi connectivity index (χ4v) is 2.39. The van der Waals surface area contributed by atoms with Crippen molar-refractivity contribution in [2.24, 2.45) is 0 Å². The third kappa shape index (κ3) is 2.56. The first kappa shape index (κ1) is 13.8. The largest absolute Gasteiger partial charge is 0.382 e. The molecule has 0 saturated heterocycles. The number of aromatic nitrogens is 2. The minimum absolute atomic E-state index is 0.291. The van der Waals surface area contributed by atoms with E-state index in [-0.39, 0.29) is 0 Å². The highest BCUT2D eigenvalue weighted by atomic mass is 16.3. The molecule has 1 aromatic heterocycles. The summed E-state index contributed by atoms with van der Waals surface area (Å²) in [6.45, 7) is 10.4.